The number of carbonyl (C=O) groups excluding carboxylic acids is 1. The van der Waals surface area contributed by atoms with Crippen molar-refractivity contribution >= 4 is 11.9 Å². The number of carbonyl (C=O) groups is 1. The highest BCUT2D eigenvalue weighted by molar-refractivity contribution is 5.90. The summed E-state index contributed by atoms with van der Waals surface area (Å²) in [5.74, 6) is 1.33. The molecule has 0 unspecified atom stereocenters. The minimum Gasteiger partial charge on any atom is -0.313 e. The van der Waals surface area contributed by atoms with Crippen molar-refractivity contribution in [2.75, 3.05) is 18.4 Å². The minimum atomic E-state index is -0.0452. The van der Waals surface area contributed by atoms with E-state index in [1.165, 1.54) is 18.4 Å². The van der Waals surface area contributed by atoms with E-state index in [-0.39, 0.29) is 5.91 Å². The first-order chi connectivity index (χ1) is 10.3. The number of anilines is 1. The number of aromatic nitrogens is 2. The van der Waals surface area contributed by atoms with Crippen molar-refractivity contribution in [1.29, 1.82) is 0 Å². The summed E-state index contributed by atoms with van der Waals surface area (Å²) in [6, 6.07) is 10.1. The van der Waals surface area contributed by atoms with Crippen molar-refractivity contribution in [3.63, 3.8) is 0 Å². The highest BCUT2D eigenvalue weighted by atomic mass is 16.2. The molecule has 21 heavy (non-hydrogen) atoms. The Morgan fingerprint density at radius 1 is 1.29 bits per heavy atom. The van der Waals surface area contributed by atoms with Gasteiger partial charge in [-0.1, -0.05) is 30.3 Å². The Morgan fingerprint density at radius 2 is 2.10 bits per heavy atom. The predicted molar refractivity (Wildman–Crippen MR) is 82.0 cm³/mol. The van der Waals surface area contributed by atoms with Gasteiger partial charge in [-0.3, -0.25) is 10.1 Å². The van der Waals surface area contributed by atoms with Crippen LogP contribution >= 0.6 is 0 Å². The Kier molecular flexibility index (Phi) is 4.31. The topological polar surface area (TPSA) is 59.0 Å². The maximum Gasteiger partial charge on any atom is 0.240 e. The first-order valence-corrected chi connectivity index (χ1v) is 7.37. The summed E-state index contributed by atoms with van der Waals surface area (Å²) < 4.78 is 1.94. The summed E-state index contributed by atoms with van der Waals surface area (Å²) in [5, 5.41) is 6.03. The lowest BCUT2D eigenvalue weighted by molar-refractivity contribution is -0.115. The van der Waals surface area contributed by atoms with Crippen LogP contribution in [0.1, 0.15) is 18.4 Å². The number of hydrogen-bond donors (Lipinski definition) is 2. The average Bonchev–Trinajstić information content (AvgIpc) is 3.22. The zero-order valence-corrected chi connectivity index (χ0v) is 12.0. The van der Waals surface area contributed by atoms with Crippen molar-refractivity contribution < 1.29 is 4.79 Å². The van der Waals surface area contributed by atoms with Gasteiger partial charge >= 0.3 is 0 Å². The largest absolute Gasteiger partial charge is 0.313 e. The molecule has 0 atom stereocenters. The second-order valence-corrected chi connectivity index (χ2v) is 5.49. The molecule has 1 aromatic carbocycles. The molecule has 1 heterocycles. The van der Waals surface area contributed by atoms with Crippen LogP contribution in [0.15, 0.2) is 42.7 Å². The quantitative estimate of drug-likeness (QED) is 0.816. The summed E-state index contributed by atoms with van der Waals surface area (Å²) in [5.41, 5.74) is 1.18. The Morgan fingerprint density at radius 3 is 2.86 bits per heavy atom. The van der Waals surface area contributed by atoms with Gasteiger partial charge in [-0.2, -0.15) is 0 Å². The van der Waals surface area contributed by atoms with Crippen LogP contribution in [0.4, 0.5) is 5.95 Å². The van der Waals surface area contributed by atoms with Gasteiger partial charge in [0.1, 0.15) is 0 Å². The van der Waals surface area contributed by atoms with Crippen LogP contribution in [-0.2, 0) is 11.3 Å². The summed E-state index contributed by atoms with van der Waals surface area (Å²) in [6.45, 7) is 1.98. The highest BCUT2D eigenvalue weighted by Crippen LogP contribution is 2.27. The van der Waals surface area contributed by atoms with E-state index in [0.29, 0.717) is 19.0 Å². The number of amides is 1. The molecular formula is C16H20N4O. The maximum absolute atomic E-state index is 11.9. The second kappa shape index (κ2) is 6.54. The van der Waals surface area contributed by atoms with Crippen molar-refractivity contribution in [3.8, 4) is 0 Å². The Balaban J connectivity index is 1.53. The normalized spacial score (nSPS) is 14.1. The first kappa shape index (κ1) is 13.8. The molecule has 1 saturated carbocycles. The Hall–Kier alpha value is -2.14. The standard InChI is InChI=1S/C16H20N4O/c21-15(11-17-10-13-6-7-13)19-16-18-8-9-20(16)12-14-4-2-1-3-5-14/h1-5,8-9,13,17H,6-7,10-12H2,(H,18,19,21). The van der Waals surface area contributed by atoms with E-state index in [1.54, 1.807) is 6.20 Å². The third-order valence-electron chi connectivity index (χ3n) is 3.58. The molecule has 0 radical (unpaired) electrons. The summed E-state index contributed by atoms with van der Waals surface area (Å²) in [6.07, 6.45) is 6.16. The average molecular weight is 284 g/mol. The van der Waals surface area contributed by atoms with Gasteiger partial charge in [-0.15, -0.1) is 0 Å². The molecule has 0 spiro atoms. The third-order valence-corrected chi connectivity index (χ3v) is 3.58. The van der Waals surface area contributed by atoms with E-state index >= 15 is 0 Å². The molecule has 1 aromatic heterocycles. The molecule has 5 nitrogen and oxygen atoms in total. The predicted octanol–water partition coefficient (Wildman–Crippen LogP) is 1.87. The fraction of sp³-hybridized carbons (Fsp3) is 0.375. The Labute approximate surface area is 124 Å². The molecule has 3 rings (SSSR count). The number of nitrogens with zero attached hydrogens (tertiary/aromatic N) is 2. The lowest BCUT2D eigenvalue weighted by Crippen LogP contribution is -2.30. The lowest BCUT2D eigenvalue weighted by Gasteiger charge is -2.09. The smallest absolute Gasteiger partial charge is 0.240 e. The van der Waals surface area contributed by atoms with E-state index in [2.05, 4.69) is 27.8 Å². The maximum atomic E-state index is 11.9. The highest BCUT2D eigenvalue weighted by Gasteiger charge is 2.20. The molecular weight excluding hydrogens is 264 g/mol. The second-order valence-electron chi connectivity index (χ2n) is 5.49. The molecule has 0 bridgehead atoms. The van der Waals surface area contributed by atoms with Gasteiger partial charge < -0.3 is 9.88 Å². The third kappa shape index (κ3) is 4.16. The Bertz CT molecular complexity index is 589. The number of benzene rings is 1. The van der Waals surface area contributed by atoms with Crippen molar-refractivity contribution in [1.82, 2.24) is 14.9 Å². The molecule has 1 aliphatic rings. The minimum absolute atomic E-state index is 0.0452. The summed E-state index contributed by atoms with van der Waals surface area (Å²) in [4.78, 5) is 16.1. The fourth-order valence-electron chi connectivity index (χ4n) is 2.22. The van der Waals surface area contributed by atoms with Gasteiger partial charge in [0.15, 0.2) is 0 Å². The molecule has 2 N–H and O–H groups in total. The SMILES string of the molecule is O=C(CNCC1CC1)Nc1nccn1Cc1ccccc1. The monoisotopic (exact) mass is 284 g/mol. The van der Waals surface area contributed by atoms with Gasteiger partial charge in [0, 0.05) is 12.4 Å². The van der Waals surface area contributed by atoms with E-state index < -0.39 is 0 Å². The zero-order chi connectivity index (χ0) is 14.5. The van der Waals surface area contributed by atoms with Crippen molar-refractivity contribution in [2.45, 2.75) is 19.4 Å². The fourth-order valence-corrected chi connectivity index (χ4v) is 2.22. The molecule has 2 aromatic rings. The van der Waals surface area contributed by atoms with E-state index in [9.17, 15) is 4.79 Å². The van der Waals surface area contributed by atoms with Gasteiger partial charge in [-0.05, 0) is 30.9 Å². The first-order valence-electron chi connectivity index (χ1n) is 7.37. The number of imidazole rings is 1. The molecule has 5 heteroatoms. The van der Waals surface area contributed by atoms with Gasteiger partial charge in [0.2, 0.25) is 11.9 Å². The van der Waals surface area contributed by atoms with Gasteiger partial charge in [-0.25, -0.2) is 4.98 Å². The van der Waals surface area contributed by atoms with Crippen LogP contribution in [0.25, 0.3) is 0 Å². The number of nitrogens with one attached hydrogen (secondary N) is 2. The van der Waals surface area contributed by atoms with Crippen molar-refractivity contribution in [2.24, 2.45) is 5.92 Å². The summed E-state index contributed by atoms with van der Waals surface area (Å²) in [7, 11) is 0. The lowest BCUT2D eigenvalue weighted by atomic mass is 10.2. The van der Waals surface area contributed by atoms with Crippen LogP contribution in [-0.4, -0.2) is 28.5 Å². The van der Waals surface area contributed by atoms with Gasteiger partial charge in [0.25, 0.3) is 0 Å². The molecule has 0 aliphatic heterocycles. The van der Waals surface area contributed by atoms with Crippen LogP contribution in [0.3, 0.4) is 0 Å². The summed E-state index contributed by atoms with van der Waals surface area (Å²) >= 11 is 0. The molecule has 0 saturated heterocycles. The molecule has 1 fully saturated rings. The number of rotatable bonds is 7. The van der Waals surface area contributed by atoms with Crippen molar-refractivity contribution in [3.05, 3.63) is 48.3 Å². The molecule has 110 valence electrons. The van der Waals surface area contributed by atoms with Gasteiger partial charge in [0.05, 0.1) is 13.1 Å². The number of hydrogen-bond acceptors (Lipinski definition) is 3. The van der Waals surface area contributed by atoms with Crippen LogP contribution in [0, 0.1) is 5.92 Å². The van der Waals surface area contributed by atoms with Crippen LogP contribution in [0.5, 0.6) is 0 Å². The van der Waals surface area contributed by atoms with E-state index in [4.69, 9.17) is 0 Å². The van der Waals surface area contributed by atoms with E-state index in [0.717, 1.165) is 12.5 Å². The van der Waals surface area contributed by atoms with Crippen LogP contribution < -0.4 is 10.6 Å². The van der Waals surface area contributed by atoms with E-state index in [1.807, 2.05) is 29.0 Å². The molecule has 1 amide bonds. The zero-order valence-electron chi connectivity index (χ0n) is 12.0. The van der Waals surface area contributed by atoms with Crippen LogP contribution in [0.2, 0.25) is 0 Å². The molecule has 1 aliphatic carbocycles.